The number of hydrogen-bond donors (Lipinski definition) is 0. The van der Waals surface area contributed by atoms with Gasteiger partial charge in [-0.25, -0.2) is 4.98 Å². The summed E-state index contributed by atoms with van der Waals surface area (Å²) in [4.78, 5) is 33.0. The van der Waals surface area contributed by atoms with Crippen molar-refractivity contribution in [1.29, 1.82) is 0 Å². The molecule has 1 aliphatic rings. The van der Waals surface area contributed by atoms with Crippen LogP contribution in [-0.4, -0.2) is 32.6 Å². The Labute approximate surface area is 196 Å². The average molecular weight is 462 g/mol. The molecule has 0 N–H and O–H groups in total. The number of carbonyl (C=O) groups excluding carboxylic acids is 1. The molecule has 0 bridgehead atoms. The molecule has 1 aromatic carbocycles. The second-order valence-corrected chi connectivity index (χ2v) is 9.91. The first-order valence-electron chi connectivity index (χ1n) is 11.3. The Balaban J connectivity index is 1.48. The van der Waals surface area contributed by atoms with Gasteiger partial charge in [-0.2, -0.15) is 0 Å². The maximum Gasteiger partial charge on any atom is 0.263 e. The van der Waals surface area contributed by atoms with Crippen LogP contribution in [0.4, 0.5) is 0 Å². The fraction of sp³-hybridized carbons (Fsp3) is 0.346. The summed E-state index contributed by atoms with van der Waals surface area (Å²) < 4.78 is 9.38. The van der Waals surface area contributed by atoms with Gasteiger partial charge in [-0.05, 0) is 45.2 Å². The quantitative estimate of drug-likeness (QED) is 0.383. The van der Waals surface area contributed by atoms with Crippen molar-refractivity contribution in [2.24, 2.45) is 0 Å². The van der Waals surface area contributed by atoms with Gasteiger partial charge in [0.15, 0.2) is 5.78 Å². The van der Waals surface area contributed by atoms with Gasteiger partial charge in [-0.15, -0.1) is 11.3 Å². The topological polar surface area (TPSA) is 66.1 Å². The molecule has 3 aromatic heterocycles. The largest absolute Gasteiger partial charge is 0.376 e. The van der Waals surface area contributed by atoms with Crippen LogP contribution >= 0.6 is 11.3 Å². The predicted octanol–water partition coefficient (Wildman–Crippen LogP) is 4.91. The molecule has 170 valence electrons. The van der Waals surface area contributed by atoms with Crippen molar-refractivity contribution in [3.8, 4) is 11.1 Å². The summed E-state index contributed by atoms with van der Waals surface area (Å²) >= 11 is 1.51. The van der Waals surface area contributed by atoms with Gasteiger partial charge >= 0.3 is 0 Å². The fourth-order valence-corrected chi connectivity index (χ4v) is 5.80. The second-order valence-electron chi connectivity index (χ2n) is 8.71. The van der Waals surface area contributed by atoms with Crippen LogP contribution in [0.25, 0.3) is 21.3 Å². The van der Waals surface area contributed by atoms with Crippen LogP contribution in [0.5, 0.6) is 0 Å². The standard InChI is InChI=1S/C26H27N3O3S/c1-16-12-21(17(2)29(16)13-20-10-7-11-32-20)22(30)14-28-15-27-25-24(26(28)31)23(18(3)33-25)19-8-5-4-6-9-19/h4-6,8-9,12,15,20H,7,10-11,13-14H2,1-3H3/t20-/m0/s1. The van der Waals surface area contributed by atoms with E-state index in [1.54, 1.807) is 0 Å². The Hall–Kier alpha value is -3.03. The summed E-state index contributed by atoms with van der Waals surface area (Å²) in [7, 11) is 0. The lowest BCUT2D eigenvalue weighted by molar-refractivity contribution is 0.0948. The van der Waals surface area contributed by atoms with E-state index < -0.39 is 0 Å². The third-order valence-electron chi connectivity index (χ3n) is 6.52. The van der Waals surface area contributed by atoms with Crippen LogP contribution in [0.3, 0.4) is 0 Å². The van der Waals surface area contributed by atoms with E-state index in [0.717, 1.165) is 53.4 Å². The molecule has 0 spiro atoms. The van der Waals surface area contributed by atoms with Crippen LogP contribution in [0.15, 0.2) is 47.5 Å². The number of ketones is 1. The maximum atomic E-state index is 13.4. The first-order chi connectivity index (χ1) is 15.9. The zero-order valence-corrected chi connectivity index (χ0v) is 19.9. The van der Waals surface area contributed by atoms with E-state index in [1.807, 2.05) is 57.2 Å². The summed E-state index contributed by atoms with van der Waals surface area (Å²) in [6.07, 6.45) is 3.83. The van der Waals surface area contributed by atoms with Crippen molar-refractivity contribution in [2.75, 3.05) is 6.61 Å². The van der Waals surface area contributed by atoms with Crippen LogP contribution in [0.1, 0.15) is 39.5 Å². The van der Waals surface area contributed by atoms with Gasteiger partial charge in [0.1, 0.15) is 4.83 Å². The number of benzene rings is 1. The number of aryl methyl sites for hydroxylation is 2. The van der Waals surface area contributed by atoms with Crippen molar-refractivity contribution >= 4 is 27.3 Å². The Morgan fingerprint density at radius 3 is 2.73 bits per heavy atom. The van der Waals surface area contributed by atoms with Gasteiger partial charge in [0.2, 0.25) is 0 Å². The van der Waals surface area contributed by atoms with Gasteiger partial charge in [0.05, 0.1) is 24.4 Å². The molecule has 1 aliphatic heterocycles. The summed E-state index contributed by atoms with van der Waals surface area (Å²) in [5, 5.41) is 0.586. The third kappa shape index (κ3) is 3.96. The van der Waals surface area contributed by atoms with Crippen molar-refractivity contribution in [3.05, 3.63) is 74.9 Å². The van der Waals surface area contributed by atoms with E-state index in [9.17, 15) is 9.59 Å². The molecule has 1 saturated heterocycles. The number of hydrogen-bond acceptors (Lipinski definition) is 5. The van der Waals surface area contributed by atoms with Crippen molar-refractivity contribution in [3.63, 3.8) is 0 Å². The third-order valence-corrected chi connectivity index (χ3v) is 7.53. The Bertz CT molecular complexity index is 1390. The van der Waals surface area contributed by atoms with Gasteiger partial charge in [0.25, 0.3) is 5.56 Å². The number of nitrogens with zero attached hydrogens (tertiary/aromatic N) is 3. The summed E-state index contributed by atoms with van der Waals surface area (Å²) in [6.45, 7) is 7.52. The molecule has 4 aromatic rings. The summed E-state index contributed by atoms with van der Waals surface area (Å²) in [5.41, 5.74) is 4.33. The number of thiophene rings is 1. The zero-order chi connectivity index (χ0) is 23.1. The minimum absolute atomic E-state index is 0.0326. The number of aromatic nitrogens is 3. The molecular weight excluding hydrogens is 434 g/mol. The highest BCUT2D eigenvalue weighted by molar-refractivity contribution is 7.19. The maximum absolute atomic E-state index is 13.4. The van der Waals surface area contributed by atoms with E-state index in [1.165, 1.54) is 22.2 Å². The summed E-state index contributed by atoms with van der Waals surface area (Å²) in [6, 6.07) is 11.8. The van der Waals surface area contributed by atoms with E-state index in [0.29, 0.717) is 15.8 Å². The molecule has 0 saturated carbocycles. The summed E-state index contributed by atoms with van der Waals surface area (Å²) in [5.74, 6) is -0.0850. The molecule has 0 radical (unpaired) electrons. The molecule has 33 heavy (non-hydrogen) atoms. The number of Topliss-reactive ketones (excluding diaryl/α,β-unsaturated/α-hetero) is 1. The van der Waals surface area contributed by atoms with E-state index in [4.69, 9.17) is 4.74 Å². The van der Waals surface area contributed by atoms with Gasteiger partial charge < -0.3 is 9.30 Å². The van der Waals surface area contributed by atoms with Crippen molar-refractivity contribution < 1.29 is 9.53 Å². The second kappa shape index (κ2) is 8.72. The molecule has 5 rings (SSSR count). The number of rotatable bonds is 6. The highest BCUT2D eigenvalue weighted by Crippen LogP contribution is 2.35. The molecule has 1 fully saturated rings. The first-order valence-corrected chi connectivity index (χ1v) is 12.1. The monoisotopic (exact) mass is 461 g/mol. The van der Waals surface area contributed by atoms with E-state index in [2.05, 4.69) is 9.55 Å². The van der Waals surface area contributed by atoms with E-state index >= 15 is 0 Å². The van der Waals surface area contributed by atoms with Crippen LogP contribution in [0.2, 0.25) is 0 Å². The SMILES string of the molecule is Cc1sc2ncn(CC(=O)c3cc(C)n(C[C@@H]4CCCO4)c3C)c(=O)c2c1-c1ccccc1. The molecule has 0 amide bonds. The lowest BCUT2D eigenvalue weighted by Gasteiger charge is -2.15. The Kier molecular flexibility index (Phi) is 5.76. The number of ether oxygens (including phenoxy) is 1. The molecular formula is C26H27N3O3S. The minimum atomic E-state index is -0.176. The van der Waals surface area contributed by atoms with Crippen LogP contribution in [0, 0.1) is 20.8 Å². The smallest absolute Gasteiger partial charge is 0.263 e. The first kappa shape index (κ1) is 21.8. The predicted molar refractivity (Wildman–Crippen MR) is 131 cm³/mol. The van der Waals surface area contributed by atoms with Gasteiger partial charge in [0, 0.05) is 40.5 Å². The number of fused-ring (bicyclic) bond motifs is 1. The molecule has 0 aliphatic carbocycles. The normalized spacial score (nSPS) is 16.0. The molecule has 0 unspecified atom stereocenters. The highest BCUT2D eigenvalue weighted by atomic mass is 32.1. The lowest BCUT2D eigenvalue weighted by Crippen LogP contribution is -2.25. The molecule has 7 heteroatoms. The number of carbonyl (C=O) groups is 1. The Morgan fingerprint density at radius 1 is 1.21 bits per heavy atom. The zero-order valence-electron chi connectivity index (χ0n) is 19.1. The highest BCUT2D eigenvalue weighted by Gasteiger charge is 2.22. The Morgan fingerprint density at radius 2 is 2.00 bits per heavy atom. The van der Waals surface area contributed by atoms with Crippen molar-refractivity contribution in [1.82, 2.24) is 14.1 Å². The minimum Gasteiger partial charge on any atom is -0.376 e. The molecule has 1 atom stereocenters. The van der Waals surface area contributed by atoms with Gasteiger partial charge in [-0.3, -0.25) is 14.2 Å². The average Bonchev–Trinajstić information content (AvgIpc) is 3.51. The van der Waals surface area contributed by atoms with Gasteiger partial charge in [-0.1, -0.05) is 30.3 Å². The molecule has 6 nitrogen and oxygen atoms in total. The van der Waals surface area contributed by atoms with Crippen molar-refractivity contribution in [2.45, 2.75) is 52.8 Å². The van der Waals surface area contributed by atoms with Crippen LogP contribution in [-0.2, 0) is 17.8 Å². The van der Waals surface area contributed by atoms with Crippen LogP contribution < -0.4 is 5.56 Å². The van der Waals surface area contributed by atoms with E-state index in [-0.39, 0.29) is 24.0 Å². The molecule has 4 heterocycles. The lowest BCUT2D eigenvalue weighted by atomic mass is 10.0. The fourth-order valence-electron chi connectivity index (χ4n) is 4.80.